The summed E-state index contributed by atoms with van der Waals surface area (Å²) in [4.78, 5) is 27.9. The number of carbonyl (C=O) groups excluding carboxylic acids is 1. The molecule has 11 heteroatoms. The molecule has 0 amide bonds. The zero-order chi connectivity index (χ0) is 30.5. The zero-order valence-corrected chi connectivity index (χ0v) is 24.8. The molecular weight excluding hydrogens is 556 g/mol. The van der Waals surface area contributed by atoms with Crippen LogP contribution in [-0.2, 0) is 16.1 Å². The first kappa shape index (κ1) is 29.6. The highest BCUT2D eigenvalue weighted by molar-refractivity contribution is 6.08. The molecule has 0 atom stereocenters. The quantitative estimate of drug-likeness (QED) is 0.251. The molecule has 1 aliphatic heterocycles. The molecule has 4 aromatic rings. The van der Waals surface area contributed by atoms with E-state index in [0.29, 0.717) is 77.0 Å². The Labute approximate surface area is 249 Å². The van der Waals surface area contributed by atoms with E-state index in [4.69, 9.17) is 33.2 Å². The number of carbonyl (C=O) groups is 1. The smallest absolute Gasteiger partial charge is 0.357 e. The first-order valence-corrected chi connectivity index (χ1v) is 13.6. The van der Waals surface area contributed by atoms with Gasteiger partial charge in [-0.1, -0.05) is 30.3 Å². The molecule has 0 unspecified atom stereocenters. The number of fused-ring (bicyclic) bond motifs is 1. The third-order valence-electron chi connectivity index (χ3n) is 7.28. The van der Waals surface area contributed by atoms with E-state index in [-0.39, 0.29) is 12.3 Å². The molecule has 0 N–H and O–H groups in total. The Hall–Kier alpha value is -4.90. The Morgan fingerprint density at radius 1 is 0.791 bits per heavy atom. The number of hydrogen-bond donors (Lipinski definition) is 0. The second-order valence-electron chi connectivity index (χ2n) is 9.64. The van der Waals surface area contributed by atoms with Gasteiger partial charge in [0.1, 0.15) is 6.61 Å². The molecule has 0 spiro atoms. The molecule has 0 radical (unpaired) electrons. The highest BCUT2D eigenvalue weighted by Crippen LogP contribution is 2.45. The molecule has 2 heterocycles. The molecule has 0 saturated carbocycles. The van der Waals surface area contributed by atoms with Crippen molar-refractivity contribution in [1.29, 1.82) is 0 Å². The molecule has 1 aromatic heterocycles. The lowest BCUT2D eigenvalue weighted by Gasteiger charge is -2.33. The topological polar surface area (TPSA) is 107 Å². The van der Waals surface area contributed by atoms with Crippen molar-refractivity contribution in [2.75, 3.05) is 66.9 Å². The average Bonchev–Trinajstić information content (AvgIpc) is 3.06. The van der Waals surface area contributed by atoms with Crippen LogP contribution in [0.1, 0.15) is 16.1 Å². The van der Waals surface area contributed by atoms with Crippen molar-refractivity contribution in [2.45, 2.75) is 6.61 Å². The summed E-state index contributed by atoms with van der Waals surface area (Å²) in [6.45, 7) is 1.81. The number of rotatable bonds is 10. The van der Waals surface area contributed by atoms with Crippen LogP contribution in [0.3, 0.4) is 0 Å². The van der Waals surface area contributed by atoms with Gasteiger partial charge in [0.15, 0.2) is 28.7 Å². The molecule has 1 saturated heterocycles. The van der Waals surface area contributed by atoms with Gasteiger partial charge in [0.05, 0.1) is 67.2 Å². The van der Waals surface area contributed by atoms with E-state index in [9.17, 15) is 9.59 Å². The maximum atomic E-state index is 14.3. The first-order valence-electron chi connectivity index (χ1n) is 13.6. The van der Waals surface area contributed by atoms with Gasteiger partial charge in [-0.25, -0.2) is 9.47 Å². The lowest BCUT2D eigenvalue weighted by atomic mass is 9.95. The van der Waals surface area contributed by atoms with Gasteiger partial charge in [0.2, 0.25) is 5.75 Å². The summed E-state index contributed by atoms with van der Waals surface area (Å²) in [5.41, 5.74) is 1.52. The lowest BCUT2D eigenvalue weighted by Crippen LogP contribution is -2.51. The van der Waals surface area contributed by atoms with E-state index in [1.807, 2.05) is 30.3 Å². The summed E-state index contributed by atoms with van der Waals surface area (Å²) in [7, 11) is 7.32. The molecule has 0 aliphatic carbocycles. The number of hydrogen-bond acceptors (Lipinski definition) is 10. The fraction of sp³-hybridized carbons (Fsp3) is 0.312. The first-order chi connectivity index (χ1) is 20.9. The molecule has 3 aromatic carbocycles. The van der Waals surface area contributed by atoms with Crippen molar-refractivity contribution < 1.29 is 38.0 Å². The zero-order valence-electron chi connectivity index (χ0n) is 24.8. The number of nitrogens with zero attached hydrogens (tertiary/aromatic N) is 2. The van der Waals surface area contributed by atoms with E-state index in [1.54, 1.807) is 29.3 Å². The lowest BCUT2D eigenvalue weighted by molar-refractivity contribution is 0.0580. The van der Waals surface area contributed by atoms with Crippen molar-refractivity contribution in [1.82, 2.24) is 4.68 Å². The van der Waals surface area contributed by atoms with Gasteiger partial charge < -0.3 is 38.2 Å². The molecule has 5 rings (SSSR count). The molecule has 1 aliphatic rings. The second-order valence-corrected chi connectivity index (χ2v) is 9.64. The Morgan fingerprint density at radius 3 is 2.00 bits per heavy atom. The maximum absolute atomic E-state index is 14.3. The van der Waals surface area contributed by atoms with E-state index in [2.05, 4.69) is 0 Å². The average molecular weight is 591 g/mol. The van der Waals surface area contributed by atoms with Crippen LogP contribution in [0.4, 0.5) is 0 Å². The van der Waals surface area contributed by atoms with Crippen molar-refractivity contribution in [3.63, 3.8) is 0 Å². The predicted octanol–water partition coefficient (Wildman–Crippen LogP) is 4.04. The van der Waals surface area contributed by atoms with Gasteiger partial charge in [-0.3, -0.25) is 4.79 Å². The minimum atomic E-state index is -0.697. The summed E-state index contributed by atoms with van der Waals surface area (Å²) in [5.74, 6) is 1.20. The van der Waals surface area contributed by atoms with E-state index in [1.165, 1.54) is 40.2 Å². The minimum Gasteiger partial charge on any atom is -0.493 e. The van der Waals surface area contributed by atoms with Crippen molar-refractivity contribution in [2.24, 2.45) is 0 Å². The fourth-order valence-corrected chi connectivity index (χ4v) is 5.23. The Bertz CT molecular complexity index is 1650. The van der Waals surface area contributed by atoms with Crippen LogP contribution in [0.15, 0.2) is 59.4 Å². The van der Waals surface area contributed by atoms with Crippen molar-refractivity contribution in [3.05, 3.63) is 76.2 Å². The van der Waals surface area contributed by atoms with Crippen LogP contribution < -0.4 is 34.3 Å². The summed E-state index contributed by atoms with van der Waals surface area (Å²) < 4.78 is 40.8. The highest BCUT2D eigenvalue weighted by atomic mass is 16.5. The highest BCUT2D eigenvalue weighted by Gasteiger charge is 2.30. The number of esters is 1. The van der Waals surface area contributed by atoms with Crippen molar-refractivity contribution in [3.8, 4) is 39.9 Å². The molecular formula is C32H34N2O9. The fourth-order valence-electron chi connectivity index (χ4n) is 5.23. The standard InChI is InChI=1S/C32H34N2O9/c1-37-24-17-22-23(18-25(24)43-19-20-9-7-6-8-10-20)31(35)34(33-11-13-42-14-12-33)29(32(36)41-5)28(22)21-15-26(38-2)30(40-4)27(16-21)39-3/h6-10,15-18H,11-14,19H2,1-5H3. The number of morpholine rings is 1. The van der Waals surface area contributed by atoms with Crippen LogP contribution in [0.25, 0.3) is 21.9 Å². The summed E-state index contributed by atoms with van der Waals surface area (Å²) in [6, 6.07) is 16.5. The number of aromatic nitrogens is 1. The molecule has 226 valence electrons. The van der Waals surface area contributed by atoms with Gasteiger partial charge in [0, 0.05) is 10.9 Å². The van der Waals surface area contributed by atoms with Gasteiger partial charge in [0.25, 0.3) is 5.56 Å². The Kier molecular flexibility index (Phi) is 8.91. The van der Waals surface area contributed by atoms with Crippen LogP contribution in [0.2, 0.25) is 0 Å². The number of methoxy groups -OCH3 is 5. The van der Waals surface area contributed by atoms with Crippen molar-refractivity contribution >= 4 is 16.7 Å². The SMILES string of the molecule is COC(=O)c1c(-c2cc(OC)c(OC)c(OC)c2)c2cc(OC)c(OCc3ccccc3)cc2c(=O)n1N1CCOCC1. The summed E-state index contributed by atoms with van der Waals surface area (Å²) in [5, 5.41) is 2.55. The summed E-state index contributed by atoms with van der Waals surface area (Å²) >= 11 is 0. The van der Waals surface area contributed by atoms with Gasteiger partial charge >= 0.3 is 5.97 Å². The molecule has 11 nitrogen and oxygen atoms in total. The molecule has 43 heavy (non-hydrogen) atoms. The van der Waals surface area contributed by atoms with Crippen LogP contribution in [0, 0.1) is 0 Å². The minimum absolute atomic E-state index is 0.0381. The second kappa shape index (κ2) is 13.0. The number of benzene rings is 3. The monoisotopic (exact) mass is 590 g/mol. The van der Waals surface area contributed by atoms with Gasteiger partial charge in [-0.15, -0.1) is 0 Å². The van der Waals surface area contributed by atoms with Crippen LogP contribution >= 0.6 is 0 Å². The molecule has 0 bridgehead atoms. The third-order valence-corrected chi connectivity index (χ3v) is 7.28. The van der Waals surface area contributed by atoms with Gasteiger partial charge in [-0.2, -0.15) is 0 Å². The predicted molar refractivity (Wildman–Crippen MR) is 161 cm³/mol. The van der Waals surface area contributed by atoms with Crippen LogP contribution in [-0.4, -0.2) is 72.5 Å². The third kappa shape index (κ3) is 5.63. The summed E-state index contributed by atoms with van der Waals surface area (Å²) in [6.07, 6.45) is 0. The Morgan fingerprint density at radius 2 is 1.42 bits per heavy atom. The van der Waals surface area contributed by atoms with Gasteiger partial charge in [-0.05, 0) is 35.4 Å². The largest absolute Gasteiger partial charge is 0.493 e. The Balaban J connectivity index is 1.86. The number of pyridine rings is 1. The van der Waals surface area contributed by atoms with Crippen LogP contribution in [0.5, 0.6) is 28.7 Å². The van der Waals surface area contributed by atoms with E-state index >= 15 is 0 Å². The normalized spacial score (nSPS) is 13.0. The number of ether oxygens (including phenoxy) is 7. The molecule has 1 fully saturated rings. The van der Waals surface area contributed by atoms with E-state index in [0.717, 1.165) is 5.56 Å². The van der Waals surface area contributed by atoms with E-state index < -0.39 is 11.5 Å². The maximum Gasteiger partial charge on any atom is 0.357 e.